The monoisotopic (exact) mass is 604 g/mol. The summed E-state index contributed by atoms with van der Waals surface area (Å²) in [6, 6.07) is 63.6. The van der Waals surface area contributed by atoms with E-state index >= 15 is 0 Å². The molecule has 0 aliphatic carbocycles. The normalized spacial score (nSPS) is 11.0. The second-order valence-electron chi connectivity index (χ2n) is 11.4. The van der Waals surface area contributed by atoms with E-state index in [1.54, 1.807) is 0 Å². The van der Waals surface area contributed by atoms with Gasteiger partial charge in [0.1, 0.15) is 5.65 Å². The summed E-state index contributed by atoms with van der Waals surface area (Å²) < 4.78 is 2.11. The predicted octanol–water partition coefficient (Wildman–Crippen LogP) is 11.6. The Morgan fingerprint density at radius 3 is 1.23 bits per heavy atom. The lowest BCUT2D eigenvalue weighted by Crippen LogP contribution is -2.12. The molecule has 8 rings (SSSR count). The maximum atomic E-state index is 5.07. The SMILES string of the molecule is c1ccc(-c2cccn3cc(-c4ccc(N(c5ccccc5)c5ccc(N(c6ccccc6)c6ccccc6)cc5)cc4)nc23)cc1. The molecule has 0 saturated carbocycles. The molecule has 8 aromatic rings. The Bertz CT molecular complexity index is 2170. The minimum atomic E-state index is 0.942. The lowest BCUT2D eigenvalue weighted by molar-refractivity contribution is 1.19. The molecule has 0 saturated heterocycles. The van der Waals surface area contributed by atoms with Gasteiger partial charge >= 0.3 is 0 Å². The molecule has 0 unspecified atom stereocenters. The van der Waals surface area contributed by atoms with E-state index in [9.17, 15) is 0 Å². The third kappa shape index (κ3) is 5.65. The quantitative estimate of drug-likeness (QED) is 0.172. The molecule has 4 heteroatoms. The van der Waals surface area contributed by atoms with Gasteiger partial charge in [0.15, 0.2) is 0 Å². The van der Waals surface area contributed by atoms with Crippen molar-refractivity contribution < 1.29 is 0 Å². The van der Waals surface area contributed by atoms with Crippen molar-refractivity contribution >= 4 is 39.8 Å². The number of hydrogen-bond acceptors (Lipinski definition) is 3. The molecule has 0 bridgehead atoms. The summed E-state index contributed by atoms with van der Waals surface area (Å²) in [5.41, 5.74) is 11.8. The molecule has 47 heavy (non-hydrogen) atoms. The Labute approximate surface area is 275 Å². The molecule has 0 aliphatic rings. The zero-order chi connectivity index (χ0) is 31.4. The molecule has 0 fully saturated rings. The Kier molecular flexibility index (Phi) is 7.50. The van der Waals surface area contributed by atoms with Gasteiger partial charge in [0.05, 0.1) is 5.69 Å². The zero-order valence-electron chi connectivity index (χ0n) is 25.8. The molecule has 4 nitrogen and oxygen atoms in total. The van der Waals surface area contributed by atoms with Crippen LogP contribution in [0.4, 0.5) is 34.1 Å². The van der Waals surface area contributed by atoms with Crippen LogP contribution in [0.15, 0.2) is 194 Å². The average molecular weight is 605 g/mol. The molecular formula is C43H32N4. The van der Waals surface area contributed by atoms with E-state index in [4.69, 9.17) is 4.98 Å². The first-order valence-electron chi connectivity index (χ1n) is 15.8. The highest BCUT2D eigenvalue weighted by Crippen LogP contribution is 2.39. The number of hydrogen-bond donors (Lipinski definition) is 0. The predicted molar refractivity (Wildman–Crippen MR) is 195 cm³/mol. The van der Waals surface area contributed by atoms with E-state index in [2.05, 4.69) is 203 Å². The minimum Gasteiger partial charge on any atom is -0.311 e. The molecule has 0 N–H and O–H groups in total. The number of benzene rings is 6. The van der Waals surface area contributed by atoms with Crippen LogP contribution in [0.5, 0.6) is 0 Å². The summed E-state index contributed by atoms with van der Waals surface area (Å²) in [5.74, 6) is 0. The fraction of sp³-hybridized carbons (Fsp3) is 0. The maximum absolute atomic E-state index is 5.07. The second-order valence-corrected chi connectivity index (χ2v) is 11.4. The summed E-state index contributed by atoms with van der Waals surface area (Å²) in [6.07, 6.45) is 4.17. The number of pyridine rings is 1. The molecule has 0 radical (unpaired) electrons. The number of aromatic nitrogens is 2. The molecule has 2 aromatic heterocycles. The van der Waals surface area contributed by atoms with Gasteiger partial charge in [-0.1, -0.05) is 97.1 Å². The van der Waals surface area contributed by atoms with E-state index in [0.717, 1.165) is 62.2 Å². The topological polar surface area (TPSA) is 23.8 Å². The molecule has 224 valence electrons. The standard InChI is InChI=1S/C43H32N4/c1-5-14-33(15-6-1)41-22-13-31-45-32-42(44-43(41)45)34-23-25-38(26-24-34)47(37-20-11-4-12-21-37)40-29-27-39(28-30-40)46(35-16-7-2-8-17-35)36-18-9-3-10-19-36/h1-32H. The summed E-state index contributed by atoms with van der Waals surface area (Å²) in [7, 11) is 0. The van der Waals surface area contributed by atoms with Crippen LogP contribution >= 0.6 is 0 Å². The van der Waals surface area contributed by atoms with E-state index in [0.29, 0.717) is 0 Å². The molecule has 0 spiro atoms. The molecular weight excluding hydrogens is 573 g/mol. The first kappa shape index (κ1) is 28.1. The Morgan fingerprint density at radius 1 is 0.362 bits per heavy atom. The number of nitrogens with zero attached hydrogens (tertiary/aromatic N) is 4. The van der Waals surface area contributed by atoms with Crippen LogP contribution in [-0.4, -0.2) is 9.38 Å². The van der Waals surface area contributed by atoms with Crippen molar-refractivity contribution in [1.82, 2.24) is 9.38 Å². The van der Waals surface area contributed by atoms with Crippen LogP contribution in [0.1, 0.15) is 0 Å². The van der Waals surface area contributed by atoms with Crippen LogP contribution in [-0.2, 0) is 0 Å². The number of para-hydroxylation sites is 3. The van der Waals surface area contributed by atoms with Crippen LogP contribution in [0.25, 0.3) is 28.0 Å². The van der Waals surface area contributed by atoms with Gasteiger partial charge in [-0.3, -0.25) is 0 Å². The maximum Gasteiger partial charge on any atom is 0.145 e. The van der Waals surface area contributed by atoms with E-state index in [-0.39, 0.29) is 0 Å². The number of anilines is 6. The van der Waals surface area contributed by atoms with Gasteiger partial charge in [-0.2, -0.15) is 0 Å². The number of imidazole rings is 1. The Morgan fingerprint density at radius 2 is 0.766 bits per heavy atom. The lowest BCUT2D eigenvalue weighted by atomic mass is 10.1. The van der Waals surface area contributed by atoms with Crippen molar-refractivity contribution in [2.45, 2.75) is 0 Å². The van der Waals surface area contributed by atoms with Crippen molar-refractivity contribution in [2.24, 2.45) is 0 Å². The van der Waals surface area contributed by atoms with Crippen LogP contribution in [0.2, 0.25) is 0 Å². The molecule has 0 atom stereocenters. The third-order valence-corrected chi connectivity index (χ3v) is 8.40. The molecule has 0 aliphatic heterocycles. The largest absolute Gasteiger partial charge is 0.311 e. The Hall–Kier alpha value is -6.39. The van der Waals surface area contributed by atoms with Crippen LogP contribution in [0.3, 0.4) is 0 Å². The summed E-state index contributed by atoms with van der Waals surface area (Å²) in [5, 5.41) is 0. The van der Waals surface area contributed by atoms with E-state index < -0.39 is 0 Å². The second kappa shape index (κ2) is 12.5. The fourth-order valence-electron chi connectivity index (χ4n) is 6.15. The summed E-state index contributed by atoms with van der Waals surface area (Å²) in [4.78, 5) is 9.64. The van der Waals surface area contributed by atoms with Gasteiger partial charge in [0.25, 0.3) is 0 Å². The smallest absolute Gasteiger partial charge is 0.145 e. The highest BCUT2D eigenvalue weighted by Gasteiger charge is 2.16. The minimum absolute atomic E-state index is 0.942. The highest BCUT2D eigenvalue weighted by molar-refractivity contribution is 5.83. The van der Waals surface area contributed by atoms with E-state index in [1.165, 1.54) is 0 Å². The van der Waals surface area contributed by atoms with E-state index in [1.807, 2.05) is 6.07 Å². The van der Waals surface area contributed by atoms with Gasteiger partial charge in [-0.25, -0.2) is 4.98 Å². The van der Waals surface area contributed by atoms with Gasteiger partial charge in [0, 0.05) is 57.6 Å². The number of rotatable bonds is 8. The van der Waals surface area contributed by atoms with Crippen molar-refractivity contribution in [3.05, 3.63) is 194 Å². The highest BCUT2D eigenvalue weighted by atomic mass is 15.2. The molecule has 2 heterocycles. The Balaban J connectivity index is 1.14. The zero-order valence-corrected chi connectivity index (χ0v) is 25.8. The molecule has 6 aromatic carbocycles. The summed E-state index contributed by atoms with van der Waals surface area (Å²) in [6.45, 7) is 0. The van der Waals surface area contributed by atoms with Crippen molar-refractivity contribution in [3.8, 4) is 22.4 Å². The van der Waals surface area contributed by atoms with Crippen molar-refractivity contribution in [1.29, 1.82) is 0 Å². The van der Waals surface area contributed by atoms with Gasteiger partial charge < -0.3 is 14.2 Å². The van der Waals surface area contributed by atoms with Crippen molar-refractivity contribution in [3.63, 3.8) is 0 Å². The lowest BCUT2D eigenvalue weighted by Gasteiger charge is -2.28. The van der Waals surface area contributed by atoms with Gasteiger partial charge in [-0.05, 0) is 90.5 Å². The fourth-order valence-corrected chi connectivity index (χ4v) is 6.15. The van der Waals surface area contributed by atoms with Gasteiger partial charge in [-0.15, -0.1) is 0 Å². The van der Waals surface area contributed by atoms with Crippen molar-refractivity contribution in [2.75, 3.05) is 9.80 Å². The average Bonchev–Trinajstić information content (AvgIpc) is 3.60. The first-order valence-corrected chi connectivity index (χ1v) is 15.8. The molecule has 0 amide bonds. The van der Waals surface area contributed by atoms with Crippen LogP contribution < -0.4 is 9.80 Å². The third-order valence-electron chi connectivity index (χ3n) is 8.40. The first-order chi connectivity index (χ1) is 23.3. The van der Waals surface area contributed by atoms with Crippen LogP contribution in [0, 0.1) is 0 Å². The number of fused-ring (bicyclic) bond motifs is 1. The van der Waals surface area contributed by atoms with Gasteiger partial charge in [0.2, 0.25) is 0 Å². The summed E-state index contributed by atoms with van der Waals surface area (Å²) >= 11 is 0.